The molecule has 1 aromatic carbocycles. The highest BCUT2D eigenvalue weighted by Gasteiger charge is 2.43. The van der Waals surface area contributed by atoms with E-state index in [0.29, 0.717) is 12.0 Å². The van der Waals surface area contributed by atoms with Gasteiger partial charge in [0.25, 0.3) is 0 Å². The maximum Gasteiger partial charge on any atom is 0.126 e. The third kappa shape index (κ3) is 2.34. The van der Waals surface area contributed by atoms with Crippen molar-refractivity contribution in [2.75, 3.05) is 0 Å². The minimum atomic E-state index is -0.585. The lowest BCUT2D eigenvalue weighted by Gasteiger charge is -2.17. The standard InChI is InChI=1S/C12H14F2O/c1-12(2-3-12)11(15)6-8-4-9(13)7-10(14)5-8/h4-5,7,11,15H,2-3,6H2,1H3. The first-order valence-corrected chi connectivity index (χ1v) is 5.13. The summed E-state index contributed by atoms with van der Waals surface area (Å²) >= 11 is 0. The monoisotopic (exact) mass is 212 g/mol. The van der Waals surface area contributed by atoms with Crippen LogP contribution in [0, 0.1) is 17.0 Å². The summed E-state index contributed by atoms with van der Waals surface area (Å²) in [4.78, 5) is 0. The van der Waals surface area contributed by atoms with Crippen molar-refractivity contribution < 1.29 is 13.9 Å². The van der Waals surface area contributed by atoms with Gasteiger partial charge in [-0.2, -0.15) is 0 Å². The molecular formula is C12H14F2O. The Bertz CT molecular complexity index is 352. The van der Waals surface area contributed by atoms with Crippen LogP contribution in [-0.2, 0) is 6.42 Å². The van der Waals surface area contributed by atoms with Gasteiger partial charge in [-0.05, 0) is 42.4 Å². The van der Waals surface area contributed by atoms with Gasteiger partial charge in [0.15, 0.2) is 0 Å². The van der Waals surface area contributed by atoms with Crippen molar-refractivity contribution in [2.24, 2.45) is 5.41 Å². The van der Waals surface area contributed by atoms with Crippen molar-refractivity contribution in [1.82, 2.24) is 0 Å². The van der Waals surface area contributed by atoms with Crippen LogP contribution in [0.15, 0.2) is 18.2 Å². The Kier molecular flexibility index (Phi) is 2.51. The molecule has 0 bridgehead atoms. The lowest BCUT2D eigenvalue weighted by Crippen LogP contribution is -2.21. The lowest BCUT2D eigenvalue weighted by molar-refractivity contribution is 0.103. The molecule has 1 nitrogen and oxygen atoms in total. The van der Waals surface area contributed by atoms with E-state index in [-0.39, 0.29) is 5.41 Å². The van der Waals surface area contributed by atoms with E-state index in [1.165, 1.54) is 12.1 Å². The highest BCUT2D eigenvalue weighted by atomic mass is 19.1. The molecule has 1 aromatic rings. The molecule has 1 fully saturated rings. The first-order chi connectivity index (χ1) is 6.99. The third-order valence-corrected chi connectivity index (χ3v) is 3.19. The van der Waals surface area contributed by atoms with Crippen LogP contribution in [0.25, 0.3) is 0 Å². The molecule has 1 aliphatic rings. The topological polar surface area (TPSA) is 20.2 Å². The van der Waals surface area contributed by atoms with Gasteiger partial charge in [0.05, 0.1) is 6.10 Å². The van der Waals surface area contributed by atoms with Crippen molar-refractivity contribution in [2.45, 2.75) is 32.3 Å². The predicted molar refractivity (Wildman–Crippen MR) is 53.4 cm³/mol. The summed E-state index contributed by atoms with van der Waals surface area (Å²) in [7, 11) is 0. The minimum Gasteiger partial charge on any atom is -0.392 e. The zero-order valence-electron chi connectivity index (χ0n) is 8.63. The average molecular weight is 212 g/mol. The van der Waals surface area contributed by atoms with Crippen molar-refractivity contribution in [3.8, 4) is 0 Å². The van der Waals surface area contributed by atoms with Crippen LogP contribution in [0.3, 0.4) is 0 Å². The number of halogens is 2. The fourth-order valence-electron chi connectivity index (χ4n) is 1.73. The summed E-state index contributed by atoms with van der Waals surface area (Å²) < 4.78 is 25.7. The number of rotatable bonds is 3. The summed E-state index contributed by atoms with van der Waals surface area (Å²) in [5, 5.41) is 9.84. The van der Waals surface area contributed by atoms with Crippen LogP contribution in [-0.4, -0.2) is 11.2 Å². The molecule has 1 saturated carbocycles. The number of hydrogen-bond acceptors (Lipinski definition) is 1. The van der Waals surface area contributed by atoms with Gasteiger partial charge in [-0.3, -0.25) is 0 Å². The molecule has 0 aliphatic heterocycles. The molecule has 0 heterocycles. The molecule has 3 heteroatoms. The predicted octanol–water partition coefficient (Wildman–Crippen LogP) is 2.67. The smallest absolute Gasteiger partial charge is 0.126 e. The fourth-order valence-corrected chi connectivity index (χ4v) is 1.73. The Morgan fingerprint density at radius 3 is 2.27 bits per heavy atom. The highest BCUT2D eigenvalue weighted by Crippen LogP contribution is 2.48. The molecular weight excluding hydrogens is 198 g/mol. The van der Waals surface area contributed by atoms with Crippen molar-refractivity contribution in [3.63, 3.8) is 0 Å². The Morgan fingerprint density at radius 2 is 1.80 bits per heavy atom. The summed E-state index contributed by atoms with van der Waals surface area (Å²) in [6.07, 6.45) is 1.81. The molecule has 0 spiro atoms. The molecule has 0 amide bonds. The molecule has 0 aromatic heterocycles. The van der Waals surface area contributed by atoms with E-state index < -0.39 is 17.7 Å². The Morgan fingerprint density at radius 1 is 1.27 bits per heavy atom. The van der Waals surface area contributed by atoms with E-state index in [2.05, 4.69) is 0 Å². The number of benzene rings is 1. The Labute approximate surface area is 87.7 Å². The van der Waals surface area contributed by atoms with Crippen LogP contribution in [0.2, 0.25) is 0 Å². The fraction of sp³-hybridized carbons (Fsp3) is 0.500. The van der Waals surface area contributed by atoms with Crippen molar-refractivity contribution in [3.05, 3.63) is 35.4 Å². The van der Waals surface area contributed by atoms with Crippen molar-refractivity contribution >= 4 is 0 Å². The normalized spacial score (nSPS) is 20.0. The number of aliphatic hydroxyl groups is 1. The van der Waals surface area contributed by atoms with Gasteiger partial charge in [-0.15, -0.1) is 0 Å². The van der Waals surface area contributed by atoms with Crippen LogP contribution in [0.5, 0.6) is 0 Å². The quantitative estimate of drug-likeness (QED) is 0.816. The van der Waals surface area contributed by atoms with Gasteiger partial charge in [0, 0.05) is 6.07 Å². The van der Waals surface area contributed by atoms with Crippen LogP contribution in [0.1, 0.15) is 25.3 Å². The van der Waals surface area contributed by atoms with Crippen LogP contribution < -0.4 is 0 Å². The first kappa shape index (κ1) is 10.6. The molecule has 1 atom stereocenters. The molecule has 1 N–H and O–H groups in total. The second-order valence-corrected chi connectivity index (χ2v) is 4.65. The molecule has 0 saturated heterocycles. The summed E-state index contributed by atoms with van der Waals surface area (Å²) in [5.41, 5.74) is 0.483. The van der Waals surface area contributed by atoms with Gasteiger partial charge in [-0.25, -0.2) is 8.78 Å². The second kappa shape index (κ2) is 3.56. The zero-order valence-corrected chi connectivity index (χ0v) is 8.63. The van der Waals surface area contributed by atoms with E-state index in [9.17, 15) is 13.9 Å². The largest absolute Gasteiger partial charge is 0.392 e. The summed E-state index contributed by atoms with van der Waals surface area (Å²) in [6, 6.07) is 3.39. The van der Waals surface area contributed by atoms with Gasteiger partial charge < -0.3 is 5.11 Å². The van der Waals surface area contributed by atoms with Gasteiger partial charge >= 0.3 is 0 Å². The molecule has 2 rings (SSSR count). The average Bonchev–Trinajstić information content (AvgIpc) is 2.83. The van der Waals surface area contributed by atoms with Crippen LogP contribution >= 0.6 is 0 Å². The van der Waals surface area contributed by atoms with E-state index >= 15 is 0 Å². The van der Waals surface area contributed by atoms with Gasteiger partial charge in [0.2, 0.25) is 0 Å². The lowest BCUT2D eigenvalue weighted by atomic mass is 9.95. The zero-order chi connectivity index (χ0) is 11.1. The van der Waals surface area contributed by atoms with E-state index in [4.69, 9.17) is 0 Å². The van der Waals surface area contributed by atoms with E-state index in [1.807, 2.05) is 6.92 Å². The Balaban J connectivity index is 2.10. The second-order valence-electron chi connectivity index (χ2n) is 4.65. The number of aliphatic hydroxyl groups excluding tert-OH is 1. The molecule has 1 aliphatic carbocycles. The maximum absolute atomic E-state index is 12.9. The van der Waals surface area contributed by atoms with Crippen LogP contribution in [0.4, 0.5) is 8.78 Å². The molecule has 1 unspecified atom stereocenters. The third-order valence-electron chi connectivity index (χ3n) is 3.19. The molecule has 82 valence electrons. The van der Waals surface area contributed by atoms with E-state index in [0.717, 1.165) is 18.9 Å². The summed E-state index contributed by atoms with van der Waals surface area (Å²) in [5.74, 6) is -1.17. The maximum atomic E-state index is 12.9. The number of hydrogen-bond donors (Lipinski definition) is 1. The molecule has 15 heavy (non-hydrogen) atoms. The SMILES string of the molecule is CC1(C(O)Cc2cc(F)cc(F)c2)CC1. The minimum absolute atomic E-state index is 0.0389. The van der Waals surface area contributed by atoms with Crippen molar-refractivity contribution in [1.29, 1.82) is 0 Å². The summed E-state index contributed by atoms with van der Waals surface area (Å²) in [6.45, 7) is 1.99. The van der Waals surface area contributed by atoms with Gasteiger partial charge in [0.1, 0.15) is 11.6 Å². The van der Waals surface area contributed by atoms with E-state index in [1.54, 1.807) is 0 Å². The van der Waals surface area contributed by atoms with Gasteiger partial charge in [-0.1, -0.05) is 6.92 Å². The highest BCUT2D eigenvalue weighted by molar-refractivity contribution is 5.19. The Hall–Kier alpha value is -0.960. The first-order valence-electron chi connectivity index (χ1n) is 5.13. The molecule has 0 radical (unpaired) electrons.